The van der Waals surface area contributed by atoms with Crippen LogP contribution in [0.4, 0.5) is 0 Å². The van der Waals surface area contributed by atoms with E-state index in [2.05, 4.69) is 40.3 Å². The van der Waals surface area contributed by atoms with Crippen molar-refractivity contribution in [2.24, 2.45) is 0 Å². The Hall–Kier alpha value is -1.52. The molecule has 0 heterocycles. The van der Waals surface area contributed by atoms with Gasteiger partial charge in [0.15, 0.2) is 0 Å². The molecule has 0 saturated carbocycles. The lowest BCUT2D eigenvalue weighted by Crippen LogP contribution is -2.22. The second kappa shape index (κ2) is 6.96. The maximum atomic E-state index is 10.1. The monoisotopic (exact) mass is 349 g/mol. The van der Waals surface area contributed by atoms with E-state index in [4.69, 9.17) is 4.74 Å². The highest BCUT2D eigenvalue weighted by Gasteiger charge is 2.14. The second-order valence-corrected chi connectivity index (χ2v) is 6.00. The fraction of sp³-hybridized carbons (Fsp3) is 0.294. The Bertz CT molecular complexity index is 598. The van der Waals surface area contributed by atoms with Crippen LogP contribution in [-0.2, 0) is 0 Å². The molecule has 0 aromatic heterocycles. The van der Waals surface area contributed by atoms with Gasteiger partial charge in [-0.05, 0) is 37.6 Å². The molecule has 0 saturated heterocycles. The molecule has 0 fully saturated rings. The molecular formula is C17H20BrNO2. The summed E-state index contributed by atoms with van der Waals surface area (Å²) >= 11 is 3.44. The summed E-state index contributed by atoms with van der Waals surface area (Å²) in [5, 5.41) is 13.6. The Balaban J connectivity index is 2.10. The van der Waals surface area contributed by atoms with Gasteiger partial charge >= 0.3 is 0 Å². The predicted molar refractivity (Wildman–Crippen MR) is 88.8 cm³/mol. The van der Waals surface area contributed by atoms with Crippen LogP contribution < -0.4 is 10.1 Å². The predicted octanol–water partition coefficient (Wildman–Crippen LogP) is 4.58. The molecule has 112 valence electrons. The van der Waals surface area contributed by atoms with Gasteiger partial charge in [-0.15, -0.1) is 0 Å². The van der Waals surface area contributed by atoms with Crippen molar-refractivity contribution in [1.29, 1.82) is 0 Å². The lowest BCUT2D eigenvalue weighted by molar-refractivity contribution is 0.402. The number of phenols is 1. The molecule has 2 N–H and O–H groups in total. The maximum Gasteiger partial charge on any atom is 0.124 e. The van der Waals surface area contributed by atoms with Crippen LogP contribution in [0.15, 0.2) is 46.9 Å². The fourth-order valence-electron chi connectivity index (χ4n) is 2.33. The second-order valence-electron chi connectivity index (χ2n) is 5.09. The summed E-state index contributed by atoms with van der Waals surface area (Å²) in [4.78, 5) is 0. The van der Waals surface area contributed by atoms with E-state index in [0.717, 1.165) is 10.0 Å². The molecule has 0 bridgehead atoms. The minimum atomic E-state index is 0.0366. The molecular weight excluding hydrogens is 330 g/mol. The first-order valence-corrected chi connectivity index (χ1v) is 7.69. The molecule has 0 aliphatic carbocycles. The lowest BCUT2D eigenvalue weighted by Gasteiger charge is -2.21. The average molecular weight is 350 g/mol. The number of methoxy groups -OCH3 is 1. The fourth-order valence-corrected chi connectivity index (χ4v) is 2.59. The van der Waals surface area contributed by atoms with Gasteiger partial charge in [0.1, 0.15) is 11.5 Å². The third kappa shape index (κ3) is 3.99. The Labute approximate surface area is 134 Å². The number of nitrogens with one attached hydrogen (secondary N) is 1. The molecule has 0 aliphatic heterocycles. The molecule has 2 unspecified atom stereocenters. The zero-order valence-corrected chi connectivity index (χ0v) is 14.0. The minimum absolute atomic E-state index is 0.0366. The van der Waals surface area contributed by atoms with Crippen molar-refractivity contribution in [3.8, 4) is 11.5 Å². The molecule has 4 heteroatoms. The summed E-state index contributed by atoms with van der Waals surface area (Å²) in [5.41, 5.74) is 2.07. The van der Waals surface area contributed by atoms with E-state index in [9.17, 15) is 5.11 Å². The Kier molecular flexibility index (Phi) is 5.26. The van der Waals surface area contributed by atoms with Gasteiger partial charge in [-0.1, -0.05) is 34.1 Å². The standard InChI is InChI=1S/C17H20BrNO2/c1-11(13-4-6-14(18)7-5-13)19-12(2)16-9-8-15(21-3)10-17(16)20/h4-12,19-20H,1-3H3. The van der Waals surface area contributed by atoms with Crippen LogP contribution in [-0.4, -0.2) is 12.2 Å². The number of rotatable bonds is 5. The number of hydrogen-bond donors (Lipinski definition) is 2. The van der Waals surface area contributed by atoms with E-state index >= 15 is 0 Å². The van der Waals surface area contributed by atoms with Crippen LogP contribution in [0.5, 0.6) is 11.5 Å². The highest BCUT2D eigenvalue weighted by molar-refractivity contribution is 9.10. The first-order valence-electron chi connectivity index (χ1n) is 6.89. The van der Waals surface area contributed by atoms with Gasteiger partial charge in [0, 0.05) is 28.2 Å². The summed E-state index contributed by atoms with van der Waals surface area (Å²) in [5.74, 6) is 0.904. The summed E-state index contributed by atoms with van der Waals surface area (Å²) in [7, 11) is 1.59. The molecule has 21 heavy (non-hydrogen) atoms. The number of halogens is 1. The van der Waals surface area contributed by atoms with E-state index in [1.807, 2.05) is 31.2 Å². The molecule has 2 atom stereocenters. The van der Waals surface area contributed by atoms with Crippen LogP contribution in [0.1, 0.15) is 37.1 Å². The first-order chi connectivity index (χ1) is 10.0. The van der Waals surface area contributed by atoms with Crippen molar-refractivity contribution in [3.63, 3.8) is 0 Å². The summed E-state index contributed by atoms with van der Waals surface area (Å²) in [6.07, 6.45) is 0. The summed E-state index contributed by atoms with van der Waals surface area (Å²) in [6, 6.07) is 13.8. The van der Waals surface area contributed by atoms with E-state index in [1.165, 1.54) is 5.56 Å². The van der Waals surface area contributed by atoms with E-state index in [-0.39, 0.29) is 17.8 Å². The summed E-state index contributed by atoms with van der Waals surface area (Å²) in [6.45, 7) is 4.15. The van der Waals surface area contributed by atoms with Gasteiger partial charge in [0.2, 0.25) is 0 Å². The molecule has 0 spiro atoms. The van der Waals surface area contributed by atoms with Gasteiger partial charge < -0.3 is 15.2 Å². The largest absolute Gasteiger partial charge is 0.507 e. The molecule has 3 nitrogen and oxygen atoms in total. The van der Waals surface area contributed by atoms with Crippen LogP contribution >= 0.6 is 15.9 Å². The van der Waals surface area contributed by atoms with Crippen LogP contribution in [0.25, 0.3) is 0 Å². The van der Waals surface area contributed by atoms with Crippen LogP contribution in [0.2, 0.25) is 0 Å². The van der Waals surface area contributed by atoms with Crippen LogP contribution in [0, 0.1) is 0 Å². The lowest BCUT2D eigenvalue weighted by atomic mass is 10.0. The molecule has 0 aliphatic rings. The van der Waals surface area contributed by atoms with Crippen molar-refractivity contribution < 1.29 is 9.84 Å². The highest BCUT2D eigenvalue weighted by atomic mass is 79.9. The molecule has 2 aromatic rings. The van der Waals surface area contributed by atoms with Crippen molar-refractivity contribution in [2.75, 3.05) is 7.11 Å². The Morgan fingerprint density at radius 2 is 1.71 bits per heavy atom. The van der Waals surface area contributed by atoms with Gasteiger partial charge in [-0.2, -0.15) is 0 Å². The molecule has 0 radical (unpaired) electrons. The van der Waals surface area contributed by atoms with Gasteiger partial charge in [-0.3, -0.25) is 0 Å². The SMILES string of the molecule is COc1ccc(C(C)NC(C)c2ccc(Br)cc2)c(O)c1. The number of benzene rings is 2. The molecule has 0 amide bonds. The first kappa shape index (κ1) is 15.9. The zero-order chi connectivity index (χ0) is 15.4. The van der Waals surface area contributed by atoms with Crippen molar-refractivity contribution >= 4 is 15.9 Å². The number of phenolic OH excluding ortho intramolecular Hbond substituents is 1. The molecule has 2 rings (SSSR count). The van der Waals surface area contributed by atoms with Crippen molar-refractivity contribution in [2.45, 2.75) is 25.9 Å². The third-order valence-corrected chi connectivity index (χ3v) is 4.10. The quantitative estimate of drug-likeness (QED) is 0.830. The summed E-state index contributed by atoms with van der Waals surface area (Å²) < 4.78 is 6.18. The highest BCUT2D eigenvalue weighted by Crippen LogP contribution is 2.30. The van der Waals surface area contributed by atoms with Gasteiger partial charge in [0.05, 0.1) is 7.11 Å². The molecule has 2 aromatic carbocycles. The van der Waals surface area contributed by atoms with E-state index in [0.29, 0.717) is 5.75 Å². The van der Waals surface area contributed by atoms with Crippen molar-refractivity contribution in [3.05, 3.63) is 58.1 Å². The van der Waals surface area contributed by atoms with Gasteiger partial charge in [-0.25, -0.2) is 0 Å². The zero-order valence-electron chi connectivity index (χ0n) is 12.4. The number of hydrogen-bond acceptors (Lipinski definition) is 3. The van der Waals surface area contributed by atoms with E-state index in [1.54, 1.807) is 13.2 Å². The number of ether oxygens (including phenoxy) is 1. The third-order valence-electron chi connectivity index (χ3n) is 3.57. The smallest absolute Gasteiger partial charge is 0.124 e. The van der Waals surface area contributed by atoms with Gasteiger partial charge in [0.25, 0.3) is 0 Å². The van der Waals surface area contributed by atoms with Crippen molar-refractivity contribution in [1.82, 2.24) is 5.32 Å². The average Bonchev–Trinajstić information content (AvgIpc) is 2.47. The van der Waals surface area contributed by atoms with E-state index < -0.39 is 0 Å². The minimum Gasteiger partial charge on any atom is -0.507 e. The Morgan fingerprint density at radius 1 is 1.05 bits per heavy atom. The Morgan fingerprint density at radius 3 is 2.29 bits per heavy atom. The van der Waals surface area contributed by atoms with Crippen LogP contribution in [0.3, 0.4) is 0 Å². The maximum absolute atomic E-state index is 10.1. The normalized spacial score (nSPS) is 13.7. The topological polar surface area (TPSA) is 41.5 Å². The number of aromatic hydroxyl groups is 1.